The Bertz CT molecular complexity index is 476. The van der Waals surface area contributed by atoms with Crippen LogP contribution in [0.3, 0.4) is 0 Å². The van der Waals surface area contributed by atoms with Gasteiger partial charge in [-0.2, -0.15) is 0 Å². The highest BCUT2D eigenvalue weighted by atomic mass is 32.2. The van der Waals surface area contributed by atoms with Gasteiger partial charge >= 0.3 is 0 Å². The number of hydrogen-bond acceptors (Lipinski definition) is 3. The number of benzene rings is 1. The highest BCUT2D eigenvalue weighted by Gasteiger charge is 2.29. The van der Waals surface area contributed by atoms with E-state index in [9.17, 15) is 8.42 Å². The number of sulfone groups is 1. The molecule has 0 N–H and O–H groups in total. The van der Waals surface area contributed by atoms with Gasteiger partial charge in [-0.25, -0.2) is 8.42 Å². The molecule has 0 spiro atoms. The SMILES string of the molecule is C[C@@H]1C[C@H](S(=O)(=O)c2ccccc2)C=CO1. The van der Waals surface area contributed by atoms with E-state index in [-0.39, 0.29) is 6.10 Å². The van der Waals surface area contributed by atoms with Crippen LogP contribution in [0.15, 0.2) is 47.6 Å². The Balaban J connectivity index is 2.33. The summed E-state index contributed by atoms with van der Waals surface area (Å²) in [4.78, 5) is 0.374. The fourth-order valence-electron chi connectivity index (χ4n) is 1.74. The first kappa shape index (κ1) is 11.2. The normalized spacial score (nSPS) is 25.1. The van der Waals surface area contributed by atoms with Gasteiger partial charge in [0.25, 0.3) is 0 Å². The van der Waals surface area contributed by atoms with E-state index >= 15 is 0 Å². The van der Waals surface area contributed by atoms with Gasteiger partial charge in [0, 0.05) is 6.42 Å². The van der Waals surface area contributed by atoms with Crippen molar-refractivity contribution in [1.29, 1.82) is 0 Å². The van der Waals surface area contributed by atoms with Crippen molar-refractivity contribution in [2.24, 2.45) is 0 Å². The molecule has 0 aromatic heterocycles. The molecule has 2 rings (SSSR count). The van der Waals surface area contributed by atoms with Crippen LogP contribution in [0.5, 0.6) is 0 Å². The largest absolute Gasteiger partial charge is 0.499 e. The van der Waals surface area contributed by atoms with Gasteiger partial charge in [-0.15, -0.1) is 0 Å². The van der Waals surface area contributed by atoms with Crippen LogP contribution in [0.25, 0.3) is 0 Å². The van der Waals surface area contributed by atoms with Crippen LogP contribution in [0, 0.1) is 0 Å². The summed E-state index contributed by atoms with van der Waals surface area (Å²) in [6.45, 7) is 1.87. The molecule has 3 nitrogen and oxygen atoms in total. The maximum atomic E-state index is 12.2. The predicted octanol–water partition coefficient (Wildman–Crippen LogP) is 2.15. The molecule has 86 valence electrons. The van der Waals surface area contributed by atoms with Crippen LogP contribution in [-0.2, 0) is 14.6 Å². The molecule has 0 radical (unpaired) electrons. The Morgan fingerprint density at radius 2 is 1.94 bits per heavy atom. The molecule has 1 aromatic carbocycles. The first-order valence-corrected chi connectivity index (χ1v) is 6.76. The predicted molar refractivity (Wildman–Crippen MR) is 61.7 cm³/mol. The summed E-state index contributed by atoms with van der Waals surface area (Å²) in [6, 6.07) is 8.53. The van der Waals surface area contributed by atoms with Crippen molar-refractivity contribution in [2.45, 2.75) is 29.6 Å². The lowest BCUT2D eigenvalue weighted by atomic mass is 10.2. The van der Waals surface area contributed by atoms with Gasteiger partial charge in [-0.1, -0.05) is 18.2 Å². The lowest BCUT2D eigenvalue weighted by molar-refractivity contribution is 0.142. The zero-order valence-corrected chi connectivity index (χ0v) is 9.85. The highest BCUT2D eigenvalue weighted by Crippen LogP contribution is 2.23. The van der Waals surface area contributed by atoms with Gasteiger partial charge in [0.15, 0.2) is 9.84 Å². The van der Waals surface area contributed by atoms with Crippen LogP contribution in [0.2, 0.25) is 0 Å². The molecule has 16 heavy (non-hydrogen) atoms. The maximum absolute atomic E-state index is 12.2. The Labute approximate surface area is 95.7 Å². The molecule has 2 atom stereocenters. The third kappa shape index (κ3) is 2.11. The second-order valence-electron chi connectivity index (χ2n) is 3.91. The topological polar surface area (TPSA) is 43.4 Å². The fraction of sp³-hybridized carbons (Fsp3) is 0.333. The first-order chi connectivity index (χ1) is 7.60. The van der Waals surface area contributed by atoms with E-state index in [0.717, 1.165) is 0 Å². The van der Waals surface area contributed by atoms with Crippen LogP contribution >= 0.6 is 0 Å². The minimum Gasteiger partial charge on any atom is -0.499 e. The van der Waals surface area contributed by atoms with E-state index < -0.39 is 15.1 Å². The average molecular weight is 238 g/mol. The van der Waals surface area contributed by atoms with Crippen molar-refractivity contribution < 1.29 is 13.2 Å². The smallest absolute Gasteiger partial charge is 0.185 e. The quantitative estimate of drug-likeness (QED) is 0.793. The highest BCUT2D eigenvalue weighted by molar-refractivity contribution is 7.92. The monoisotopic (exact) mass is 238 g/mol. The van der Waals surface area contributed by atoms with E-state index in [0.29, 0.717) is 11.3 Å². The Morgan fingerprint density at radius 3 is 2.56 bits per heavy atom. The van der Waals surface area contributed by atoms with Crippen LogP contribution in [-0.4, -0.2) is 19.8 Å². The second-order valence-corrected chi connectivity index (χ2v) is 6.07. The number of rotatable bonds is 2. The van der Waals surface area contributed by atoms with Crippen molar-refractivity contribution in [3.05, 3.63) is 42.7 Å². The Hall–Kier alpha value is -1.29. The van der Waals surface area contributed by atoms with Crippen LogP contribution in [0.4, 0.5) is 0 Å². The number of hydrogen-bond donors (Lipinski definition) is 0. The third-order valence-corrected chi connectivity index (χ3v) is 4.71. The second kappa shape index (κ2) is 4.29. The summed E-state index contributed by atoms with van der Waals surface area (Å²) < 4.78 is 29.6. The Kier molecular flexibility index (Phi) is 3.01. The third-order valence-electron chi connectivity index (χ3n) is 2.64. The molecule has 0 aliphatic carbocycles. The standard InChI is InChI=1S/C12H14O3S/c1-10-9-12(7-8-15-10)16(13,14)11-5-3-2-4-6-11/h2-8,10,12H,9H2,1H3/t10-,12-/m1/s1. The minimum absolute atomic E-state index is 0.0477. The summed E-state index contributed by atoms with van der Waals surface area (Å²) in [5, 5.41) is -0.473. The number of ether oxygens (including phenoxy) is 1. The molecule has 0 saturated heterocycles. The molecule has 0 unspecified atom stereocenters. The van der Waals surface area contributed by atoms with Gasteiger partial charge in [-0.3, -0.25) is 0 Å². The van der Waals surface area contributed by atoms with Crippen molar-refractivity contribution >= 4 is 9.84 Å². The molecular formula is C12H14O3S. The van der Waals surface area contributed by atoms with Gasteiger partial charge in [0.2, 0.25) is 0 Å². The molecule has 1 heterocycles. The van der Waals surface area contributed by atoms with E-state index in [1.165, 1.54) is 6.26 Å². The van der Waals surface area contributed by atoms with Gasteiger partial charge < -0.3 is 4.74 Å². The van der Waals surface area contributed by atoms with Crippen LogP contribution in [0.1, 0.15) is 13.3 Å². The van der Waals surface area contributed by atoms with Crippen LogP contribution < -0.4 is 0 Å². The lowest BCUT2D eigenvalue weighted by Gasteiger charge is -2.22. The van der Waals surface area contributed by atoms with Crippen molar-refractivity contribution in [3.63, 3.8) is 0 Å². The molecule has 1 aliphatic heterocycles. The fourth-order valence-corrected chi connectivity index (χ4v) is 3.42. The summed E-state index contributed by atoms with van der Waals surface area (Å²) in [5.74, 6) is 0. The maximum Gasteiger partial charge on any atom is 0.185 e. The molecule has 4 heteroatoms. The molecule has 1 aromatic rings. The molecule has 1 aliphatic rings. The zero-order valence-electron chi connectivity index (χ0n) is 9.04. The summed E-state index contributed by atoms with van der Waals surface area (Å²) >= 11 is 0. The van der Waals surface area contributed by atoms with E-state index in [2.05, 4.69) is 0 Å². The molecule has 0 bridgehead atoms. The molecule has 0 fully saturated rings. The lowest BCUT2D eigenvalue weighted by Crippen LogP contribution is -2.27. The van der Waals surface area contributed by atoms with E-state index in [1.807, 2.05) is 13.0 Å². The molecule has 0 amide bonds. The summed E-state index contributed by atoms with van der Waals surface area (Å²) in [6.07, 6.45) is 3.56. The summed E-state index contributed by atoms with van der Waals surface area (Å²) in [5.41, 5.74) is 0. The van der Waals surface area contributed by atoms with Gasteiger partial charge in [0.05, 0.1) is 22.5 Å². The zero-order chi connectivity index (χ0) is 11.6. The summed E-state index contributed by atoms with van der Waals surface area (Å²) in [7, 11) is -3.26. The van der Waals surface area contributed by atoms with Crippen molar-refractivity contribution in [2.75, 3.05) is 0 Å². The molecule has 0 saturated carbocycles. The Morgan fingerprint density at radius 1 is 1.25 bits per heavy atom. The van der Waals surface area contributed by atoms with Gasteiger partial charge in [0.1, 0.15) is 0 Å². The van der Waals surface area contributed by atoms with Crippen molar-refractivity contribution in [1.82, 2.24) is 0 Å². The molecular weight excluding hydrogens is 224 g/mol. The average Bonchev–Trinajstić information content (AvgIpc) is 2.30. The van der Waals surface area contributed by atoms with Crippen molar-refractivity contribution in [3.8, 4) is 0 Å². The van der Waals surface area contributed by atoms with E-state index in [4.69, 9.17) is 4.74 Å². The first-order valence-electron chi connectivity index (χ1n) is 5.22. The minimum atomic E-state index is -3.26. The van der Waals surface area contributed by atoms with E-state index in [1.54, 1.807) is 30.3 Å². The van der Waals surface area contributed by atoms with Gasteiger partial charge in [-0.05, 0) is 25.1 Å².